The summed E-state index contributed by atoms with van der Waals surface area (Å²) in [4.78, 5) is 21.7. The van der Waals surface area contributed by atoms with E-state index in [1.54, 1.807) is 27.2 Å². The number of carbonyl (C=O) groups is 1. The SMILES string of the molecule is Cc1cnc(Nc2cnn(CC(=O)N(C)C)c2)nc1NCc1cc(F)cc(C(F)(F)F)c1. The van der Waals surface area contributed by atoms with Crippen molar-refractivity contribution in [2.45, 2.75) is 26.2 Å². The van der Waals surface area contributed by atoms with Gasteiger partial charge in [-0.25, -0.2) is 9.37 Å². The molecule has 2 aromatic heterocycles. The summed E-state index contributed by atoms with van der Waals surface area (Å²) >= 11 is 0. The molecule has 170 valence electrons. The number of aromatic nitrogens is 4. The fraction of sp³-hybridized carbons (Fsp3) is 0.300. The van der Waals surface area contributed by atoms with Gasteiger partial charge in [0.15, 0.2) is 0 Å². The first-order chi connectivity index (χ1) is 15.0. The third-order valence-corrected chi connectivity index (χ3v) is 4.40. The zero-order valence-electron chi connectivity index (χ0n) is 17.5. The number of anilines is 3. The van der Waals surface area contributed by atoms with Crippen LogP contribution in [0, 0.1) is 12.7 Å². The molecule has 0 aliphatic rings. The van der Waals surface area contributed by atoms with E-state index in [1.807, 2.05) is 0 Å². The van der Waals surface area contributed by atoms with Gasteiger partial charge in [-0.15, -0.1) is 0 Å². The van der Waals surface area contributed by atoms with Gasteiger partial charge in [-0.1, -0.05) is 0 Å². The Hall–Kier alpha value is -3.70. The smallest absolute Gasteiger partial charge is 0.366 e. The number of alkyl halides is 3. The predicted molar refractivity (Wildman–Crippen MR) is 110 cm³/mol. The summed E-state index contributed by atoms with van der Waals surface area (Å²) in [5, 5.41) is 9.96. The Kier molecular flexibility index (Phi) is 6.61. The van der Waals surface area contributed by atoms with Gasteiger partial charge in [0.05, 0.1) is 17.4 Å². The molecule has 1 amide bonds. The molecule has 32 heavy (non-hydrogen) atoms. The second-order valence-corrected chi connectivity index (χ2v) is 7.26. The minimum absolute atomic E-state index is 0.0668. The second kappa shape index (κ2) is 9.20. The van der Waals surface area contributed by atoms with Gasteiger partial charge in [-0.2, -0.15) is 23.3 Å². The maximum atomic E-state index is 13.6. The maximum absolute atomic E-state index is 13.6. The van der Waals surface area contributed by atoms with E-state index in [-0.39, 0.29) is 30.5 Å². The Morgan fingerprint density at radius 2 is 1.94 bits per heavy atom. The number of benzene rings is 1. The quantitative estimate of drug-likeness (QED) is 0.534. The van der Waals surface area contributed by atoms with Gasteiger partial charge in [-0.3, -0.25) is 9.48 Å². The highest BCUT2D eigenvalue weighted by Gasteiger charge is 2.31. The minimum Gasteiger partial charge on any atom is -0.366 e. The molecule has 0 saturated carbocycles. The highest BCUT2D eigenvalue weighted by atomic mass is 19.4. The number of carbonyl (C=O) groups excluding carboxylic acids is 1. The molecule has 8 nitrogen and oxygen atoms in total. The highest BCUT2D eigenvalue weighted by Crippen LogP contribution is 2.30. The summed E-state index contributed by atoms with van der Waals surface area (Å²) < 4.78 is 53.8. The number of amides is 1. The summed E-state index contributed by atoms with van der Waals surface area (Å²) in [6.07, 6.45) is 0.0125. The first kappa shape index (κ1) is 23.0. The minimum atomic E-state index is -4.64. The fourth-order valence-corrected chi connectivity index (χ4v) is 2.71. The van der Waals surface area contributed by atoms with E-state index in [0.717, 1.165) is 12.1 Å². The molecule has 2 N–H and O–H groups in total. The summed E-state index contributed by atoms with van der Waals surface area (Å²) in [5.41, 5.74) is 0.263. The van der Waals surface area contributed by atoms with Gasteiger partial charge < -0.3 is 15.5 Å². The highest BCUT2D eigenvalue weighted by molar-refractivity contribution is 5.75. The van der Waals surface area contributed by atoms with Crippen LogP contribution in [-0.2, 0) is 24.1 Å². The molecule has 2 heterocycles. The molecule has 0 saturated heterocycles. The van der Waals surface area contributed by atoms with E-state index in [9.17, 15) is 22.4 Å². The zero-order chi connectivity index (χ0) is 23.5. The van der Waals surface area contributed by atoms with Gasteiger partial charge in [0, 0.05) is 38.6 Å². The van der Waals surface area contributed by atoms with Crippen molar-refractivity contribution in [1.29, 1.82) is 0 Å². The lowest BCUT2D eigenvalue weighted by Crippen LogP contribution is -2.26. The molecule has 1 aromatic carbocycles. The van der Waals surface area contributed by atoms with Crippen molar-refractivity contribution < 1.29 is 22.4 Å². The summed E-state index contributed by atoms with van der Waals surface area (Å²) in [5.74, 6) is -0.505. The average molecular weight is 451 g/mol. The zero-order valence-corrected chi connectivity index (χ0v) is 17.5. The normalized spacial score (nSPS) is 11.3. The molecule has 0 atom stereocenters. The lowest BCUT2D eigenvalue weighted by atomic mass is 10.1. The number of hydrogen-bond acceptors (Lipinski definition) is 6. The number of aryl methyl sites for hydroxylation is 1. The Morgan fingerprint density at radius 3 is 2.62 bits per heavy atom. The van der Waals surface area contributed by atoms with Gasteiger partial charge in [-0.05, 0) is 30.7 Å². The number of rotatable bonds is 7. The van der Waals surface area contributed by atoms with Crippen molar-refractivity contribution in [2.75, 3.05) is 24.7 Å². The number of nitrogens with one attached hydrogen (secondary N) is 2. The van der Waals surface area contributed by atoms with Crippen LogP contribution in [0.4, 0.5) is 35.0 Å². The van der Waals surface area contributed by atoms with Crippen molar-refractivity contribution in [1.82, 2.24) is 24.6 Å². The van der Waals surface area contributed by atoms with Gasteiger partial charge in [0.2, 0.25) is 11.9 Å². The second-order valence-electron chi connectivity index (χ2n) is 7.26. The standard InChI is InChI=1S/C20H21F4N7O/c1-12-7-26-19(28-16-9-27-31(10-16)11-17(32)30(2)3)29-18(12)25-8-13-4-14(20(22,23)24)6-15(21)5-13/h4-7,9-10H,8,11H2,1-3H3,(H2,25,26,28,29). The molecule has 3 rings (SSSR count). The van der Waals surface area contributed by atoms with Crippen LogP contribution in [0.3, 0.4) is 0 Å². The van der Waals surface area contributed by atoms with Crippen molar-refractivity contribution in [3.8, 4) is 0 Å². The molecule has 0 spiro atoms. The molecule has 0 unspecified atom stereocenters. The molecular weight excluding hydrogens is 430 g/mol. The van der Waals surface area contributed by atoms with Crippen LogP contribution in [0.15, 0.2) is 36.8 Å². The molecule has 0 radical (unpaired) electrons. The lowest BCUT2D eigenvalue weighted by Gasteiger charge is -2.12. The molecule has 3 aromatic rings. The van der Waals surface area contributed by atoms with Crippen molar-refractivity contribution in [3.05, 3.63) is 59.3 Å². The van der Waals surface area contributed by atoms with Crippen LogP contribution in [-0.4, -0.2) is 44.7 Å². The Labute approximate surface area is 181 Å². The third-order valence-electron chi connectivity index (χ3n) is 4.40. The molecular formula is C20H21F4N7O. The van der Waals surface area contributed by atoms with E-state index >= 15 is 0 Å². The van der Waals surface area contributed by atoms with Crippen LogP contribution in [0.2, 0.25) is 0 Å². The first-order valence-electron chi connectivity index (χ1n) is 9.45. The van der Waals surface area contributed by atoms with E-state index in [4.69, 9.17) is 0 Å². The Balaban J connectivity index is 1.70. The Bertz CT molecular complexity index is 1110. The molecule has 12 heteroatoms. The summed E-state index contributed by atoms with van der Waals surface area (Å²) in [7, 11) is 3.29. The van der Waals surface area contributed by atoms with Gasteiger partial charge >= 0.3 is 6.18 Å². The summed E-state index contributed by atoms with van der Waals surface area (Å²) in [6.45, 7) is 1.73. The number of halogens is 4. The van der Waals surface area contributed by atoms with E-state index in [0.29, 0.717) is 23.1 Å². The fourth-order valence-electron chi connectivity index (χ4n) is 2.71. The molecule has 0 aliphatic carbocycles. The van der Waals surface area contributed by atoms with E-state index < -0.39 is 17.6 Å². The molecule has 0 bridgehead atoms. The van der Waals surface area contributed by atoms with Crippen LogP contribution in [0.25, 0.3) is 0 Å². The average Bonchev–Trinajstić information content (AvgIpc) is 3.14. The van der Waals surface area contributed by atoms with Crippen LogP contribution < -0.4 is 10.6 Å². The lowest BCUT2D eigenvalue weighted by molar-refractivity contribution is -0.137. The largest absolute Gasteiger partial charge is 0.416 e. The van der Waals surface area contributed by atoms with Crippen LogP contribution in [0.5, 0.6) is 0 Å². The monoisotopic (exact) mass is 451 g/mol. The van der Waals surface area contributed by atoms with Gasteiger partial charge in [0.25, 0.3) is 0 Å². The number of nitrogens with zero attached hydrogens (tertiary/aromatic N) is 5. The Morgan fingerprint density at radius 1 is 1.19 bits per heavy atom. The number of hydrogen-bond donors (Lipinski definition) is 2. The molecule has 0 aliphatic heterocycles. The predicted octanol–water partition coefficient (Wildman–Crippen LogP) is 3.58. The topological polar surface area (TPSA) is 88.0 Å². The van der Waals surface area contributed by atoms with Gasteiger partial charge in [0.1, 0.15) is 18.2 Å². The van der Waals surface area contributed by atoms with Crippen LogP contribution in [0.1, 0.15) is 16.7 Å². The number of likely N-dealkylation sites (N-methyl/N-ethyl adjacent to an activating group) is 1. The van der Waals surface area contributed by atoms with Crippen molar-refractivity contribution in [2.24, 2.45) is 0 Å². The maximum Gasteiger partial charge on any atom is 0.416 e. The van der Waals surface area contributed by atoms with Crippen LogP contribution >= 0.6 is 0 Å². The molecule has 0 fully saturated rings. The van der Waals surface area contributed by atoms with Crippen molar-refractivity contribution in [3.63, 3.8) is 0 Å². The third kappa shape index (κ3) is 5.93. The van der Waals surface area contributed by atoms with Crippen molar-refractivity contribution >= 4 is 23.4 Å². The summed E-state index contributed by atoms with van der Waals surface area (Å²) in [6, 6.07) is 2.37. The van der Waals surface area contributed by atoms with E-state index in [2.05, 4.69) is 25.7 Å². The van der Waals surface area contributed by atoms with E-state index in [1.165, 1.54) is 22.0 Å². The first-order valence-corrected chi connectivity index (χ1v) is 9.45.